The summed E-state index contributed by atoms with van der Waals surface area (Å²) in [5.41, 5.74) is -0.301. The van der Waals surface area contributed by atoms with E-state index in [0.717, 1.165) is 6.08 Å². The fourth-order valence-corrected chi connectivity index (χ4v) is 2.20. The summed E-state index contributed by atoms with van der Waals surface area (Å²) in [4.78, 5) is 24.4. The molecule has 0 radical (unpaired) electrons. The molecule has 0 aliphatic carbocycles. The number of methoxy groups -OCH3 is 1. The number of benzene rings is 1. The van der Waals surface area contributed by atoms with Crippen molar-refractivity contribution in [3.8, 4) is 6.07 Å². The number of nitriles is 1. The van der Waals surface area contributed by atoms with Gasteiger partial charge in [0.05, 0.1) is 17.6 Å². The first-order chi connectivity index (χ1) is 11.5. The van der Waals surface area contributed by atoms with Crippen molar-refractivity contribution >= 4 is 34.6 Å². The molecular formula is C17H14ClNO5. The Morgan fingerprint density at radius 1 is 1.50 bits per heavy atom. The molecule has 0 amide bonds. The van der Waals surface area contributed by atoms with Crippen molar-refractivity contribution in [3.63, 3.8) is 0 Å². The van der Waals surface area contributed by atoms with Gasteiger partial charge >= 0.3 is 5.97 Å². The minimum absolute atomic E-state index is 0.0534. The normalized spacial score (nSPS) is 12.7. The lowest BCUT2D eigenvalue weighted by Crippen LogP contribution is -2.20. The van der Waals surface area contributed by atoms with Crippen LogP contribution in [0.1, 0.15) is 12.5 Å². The second-order valence-electron chi connectivity index (χ2n) is 5.00. The summed E-state index contributed by atoms with van der Waals surface area (Å²) < 4.78 is 15.3. The molecule has 2 rings (SSSR count). The fraction of sp³-hybridized carbons (Fsp3) is 0.235. The Morgan fingerprint density at radius 2 is 2.25 bits per heavy atom. The second-order valence-corrected chi connectivity index (χ2v) is 5.44. The lowest BCUT2D eigenvalue weighted by Gasteiger charge is -2.11. The number of hydrogen-bond donors (Lipinski definition) is 0. The average molecular weight is 348 g/mol. The first kappa shape index (κ1) is 17.7. The molecule has 1 atom stereocenters. The van der Waals surface area contributed by atoms with Gasteiger partial charge in [0.25, 0.3) is 0 Å². The molecule has 1 aromatic heterocycles. The Hall–Kier alpha value is -2.62. The highest BCUT2D eigenvalue weighted by Crippen LogP contribution is 2.18. The Balaban J connectivity index is 2.39. The van der Waals surface area contributed by atoms with Crippen molar-refractivity contribution in [2.45, 2.75) is 13.0 Å². The van der Waals surface area contributed by atoms with E-state index in [-0.39, 0.29) is 23.1 Å². The van der Waals surface area contributed by atoms with Crippen LogP contribution in [0.5, 0.6) is 0 Å². The Kier molecular flexibility index (Phi) is 5.74. The Bertz CT molecular complexity index is 894. The van der Waals surface area contributed by atoms with Crippen LogP contribution in [0.25, 0.3) is 17.0 Å². The van der Waals surface area contributed by atoms with Crippen LogP contribution in [0, 0.1) is 11.3 Å². The van der Waals surface area contributed by atoms with E-state index in [0.29, 0.717) is 10.6 Å². The molecule has 0 saturated carbocycles. The molecule has 0 unspecified atom stereocenters. The van der Waals surface area contributed by atoms with Gasteiger partial charge in [-0.25, -0.2) is 4.79 Å². The number of rotatable bonds is 5. The predicted molar refractivity (Wildman–Crippen MR) is 88.5 cm³/mol. The number of halogens is 1. The van der Waals surface area contributed by atoms with Crippen molar-refractivity contribution in [2.75, 3.05) is 13.7 Å². The lowest BCUT2D eigenvalue weighted by atomic mass is 10.1. The summed E-state index contributed by atoms with van der Waals surface area (Å²) >= 11 is 5.88. The Morgan fingerprint density at radius 3 is 2.92 bits per heavy atom. The molecular weight excluding hydrogens is 334 g/mol. The smallest absolute Gasteiger partial charge is 0.349 e. The summed E-state index contributed by atoms with van der Waals surface area (Å²) in [7, 11) is 1.47. The van der Waals surface area contributed by atoms with Crippen molar-refractivity contribution in [3.05, 3.63) is 50.8 Å². The fourth-order valence-electron chi connectivity index (χ4n) is 2.03. The molecule has 0 aliphatic heterocycles. The third kappa shape index (κ3) is 4.02. The van der Waals surface area contributed by atoms with E-state index in [1.54, 1.807) is 25.1 Å². The van der Waals surface area contributed by atoms with Crippen LogP contribution in [0.2, 0.25) is 5.02 Å². The SMILES string of the molecule is COC[C@H](C)OC(=O)/C(C#N)=C\c1coc2ccc(Cl)cc2c1=O. The summed E-state index contributed by atoms with van der Waals surface area (Å²) in [6.45, 7) is 1.82. The van der Waals surface area contributed by atoms with Gasteiger partial charge in [-0.05, 0) is 31.2 Å². The molecule has 7 heteroatoms. The van der Waals surface area contributed by atoms with E-state index in [4.69, 9.17) is 30.8 Å². The van der Waals surface area contributed by atoms with Crippen molar-refractivity contribution in [1.29, 1.82) is 5.26 Å². The van der Waals surface area contributed by atoms with Crippen LogP contribution >= 0.6 is 11.6 Å². The molecule has 124 valence electrons. The van der Waals surface area contributed by atoms with Gasteiger partial charge in [0, 0.05) is 12.1 Å². The molecule has 2 aromatic rings. The predicted octanol–water partition coefficient (Wildman–Crippen LogP) is 2.93. The number of hydrogen-bond acceptors (Lipinski definition) is 6. The van der Waals surface area contributed by atoms with E-state index < -0.39 is 17.5 Å². The van der Waals surface area contributed by atoms with Crippen LogP contribution in [-0.4, -0.2) is 25.8 Å². The summed E-state index contributed by atoms with van der Waals surface area (Å²) in [5, 5.41) is 9.78. The van der Waals surface area contributed by atoms with E-state index in [1.165, 1.54) is 19.4 Å². The van der Waals surface area contributed by atoms with E-state index in [2.05, 4.69) is 0 Å². The molecule has 0 spiro atoms. The largest absolute Gasteiger partial charge is 0.463 e. The number of fused-ring (bicyclic) bond motifs is 1. The van der Waals surface area contributed by atoms with Gasteiger partial charge in [0.2, 0.25) is 0 Å². The molecule has 0 aliphatic rings. The monoisotopic (exact) mass is 347 g/mol. The van der Waals surface area contributed by atoms with Gasteiger partial charge in [0.15, 0.2) is 5.43 Å². The molecule has 24 heavy (non-hydrogen) atoms. The third-order valence-electron chi connectivity index (χ3n) is 3.11. The van der Waals surface area contributed by atoms with Crippen molar-refractivity contribution in [1.82, 2.24) is 0 Å². The maximum Gasteiger partial charge on any atom is 0.349 e. The summed E-state index contributed by atoms with van der Waals surface area (Å²) in [5.74, 6) is -0.840. The highest BCUT2D eigenvalue weighted by atomic mass is 35.5. The lowest BCUT2D eigenvalue weighted by molar-refractivity contribution is -0.145. The minimum atomic E-state index is -0.840. The number of carbonyl (C=O) groups is 1. The number of esters is 1. The summed E-state index contributed by atoms with van der Waals surface area (Å²) in [6.07, 6.45) is 1.79. The maximum absolute atomic E-state index is 12.4. The van der Waals surface area contributed by atoms with Gasteiger partial charge in [-0.3, -0.25) is 4.79 Å². The standard InChI is InChI=1S/C17H14ClNO5/c1-10(8-22-2)24-17(21)11(7-19)5-12-9-23-15-4-3-13(18)6-14(15)16(12)20/h3-6,9-10H,8H2,1-2H3/b11-5-/t10-/m0/s1. The highest BCUT2D eigenvalue weighted by molar-refractivity contribution is 6.31. The zero-order chi connectivity index (χ0) is 17.7. The minimum Gasteiger partial charge on any atom is -0.463 e. The zero-order valence-corrected chi connectivity index (χ0v) is 13.8. The van der Waals surface area contributed by atoms with Gasteiger partial charge in [-0.15, -0.1) is 0 Å². The van der Waals surface area contributed by atoms with Gasteiger partial charge < -0.3 is 13.9 Å². The highest BCUT2D eigenvalue weighted by Gasteiger charge is 2.16. The van der Waals surface area contributed by atoms with Crippen LogP contribution in [0.4, 0.5) is 0 Å². The molecule has 1 heterocycles. The molecule has 0 fully saturated rings. The van der Waals surface area contributed by atoms with Crippen molar-refractivity contribution < 1.29 is 18.7 Å². The van der Waals surface area contributed by atoms with E-state index in [1.807, 2.05) is 0 Å². The Labute approximate surface area is 142 Å². The average Bonchev–Trinajstić information content (AvgIpc) is 2.55. The van der Waals surface area contributed by atoms with Crippen LogP contribution in [0.3, 0.4) is 0 Å². The number of nitrogens with zero attached hydrogens (tertiary/aromatic N) is 1. The van der Waals surface area contributed by atoms with Crippen LogP contribution in [0.15, 0.2) is 39.2 Å². The van der Waals surface area contributed by atoms with Crippen LogP contribution < -0.4 is 5.43 Å². The second kappa shape index (κ2) is 7.77. The van der Waals surface area contributed by atoms with E-state index >= 15 is 0 Å². The topological polar surface area (TPSA) is 89.5 Å². The molecule has 0 saturated heterocycles. The maximum atomic E-state index is 12.4. The zero-order valence-electron chi connectivity index (χ0n) is 13.0. The van der Waals surface area contributed by atoms with Crippen molar-refractivity contribution in [2.24, 2.45) is 0 Å². The summed E-state index contributed by atoms with van der Waals surface area (Å²) in [6, 6.07) is 6.35. The molecule has 1 aromatic carbocycles. The third-order valence-corrected chi connectivity index (χ3v) is 3.35. The van der Waals surface area contributed by atoms with Gasteiger partial charge in [0.1, 0.15) is 29.6 Å². The van der Waals surface area contributed by atoms with Crippen LogP contribution in [-0.2, 0) is 14.3 Å². The first-order valence-corrected chi connectivity index (χ1v) is 7.37. The van der Waals surface area contributed by atoms with Gasteiger partial charge in [-0.1, -0.05) is 11.6 Å². The number of carbonyl (C=O) groups excluding carboxylic acids is 1. The van der Waals surface area contributed by atoms with E-state index in [9.17, 15) is 9.59 Å². The molecule has 0 bridgehead atoms. The number of ether oxygens (including phenoxy) is 2. The van der Waals surface area contributed by atoms with Gasteiger partial charge in [-0.2, -0.15) is 5.26 Å². The first-order valence-electron chi connectivity index (χ1n) is 6.99. The molecule has 6 nitrogen and oxygen atoms in total. The quantitative estimate of drug-likeness (QED) is 0.469. The molecule has 0 N–H and O–H groups in total.